The van der Waals surface area contributed by atoms with E-state index in [9.17, 15) is 18.0 Å². The maximum absolute atomic E-state index is 13.0. The molecule has 3 aromatic rings. The van der Waals surface area contributed by atoms with Crippen LogP contribution in [-0.2, 0) is 19.6 Å². The van der Waals surface area contributed by atoms with Crippen LogP contribution in [-0.4, -0.2) is 31.9 Å². The van der Waals surface area contributed by atoms with E-state index in [1.165, 1.54) is 19.1 Å². The Morgan fingerprint density at radius 1 is 0.879 bits per heavy atom. The minimum atomic E-state index is -3.84. The Morgan fingerprint density at radius 3 is 2.09 bits per heavy atom. The number of Topliss-reactive ketones (excluding diaryl/α,β-unsaturated/α-hetero) is 1. The fraction of sp³-hybridized carbons (Fsp3) is 0.125. The van der Waals surface area contributed by atoms with Crippen molar-refractivity contribution in [3.8, 4) is 0 Å². The molecule has 1 heterocycles. The van der Waals surface area contributed by atoms with Gasteiger partial charge in [-0.2, -0.15) is 5.10 Å². The van der Waals surface area contributed by atoms with Gasteiger partial charge in [-0.1, -0.05) is 48.5 Å². The van der Waals surface area contributed by atoms with Gasteiger partial charge in [0.25, 0.3) is 15.9 Å². The second kappa shape index (κ2) is 9.25. The molecular weight excluding hydrogens is 440 g/mol. The highest BCUT2D eigenvalue weighted by Gasteiger charge is 2.34. The largest absolute Gasteiger partial charge is 0.319 e. The van der Waals surface area contributed by atoms with Crippen LogP contribution < -0.4 is 15.0 Å². The number of sulfonamides is 1. The number of hydrogen-bond donors (Lipinski definition) is 2. The van der Waals surface area contributed by atoms with Crippen LogP contribution in [0.1, 0.15) is 13.3 Å². The number of nitrogens with one attached hydrogen (secondary N) is 2. The molecule has 9 heteroatoms. The molecule has 3 aromatic carbocycles. The van der Waals surface area contributed by atoms with Crippen molar-refractivity contribution in [3.05, 3.63) is 84.9 Å². The van der Waals surface area contributed by atoms with Gasteiger partial charge in [-0.25, -0.2) is 8.42 Å². The number of carbonyl (C=O) groups excluding carboxylic acids is 2. The molecule has 8 nitrogen and oxygen atoms in total. The Kier molecular flexibility index (Phi) is 6.23. The second-order valence-electron chi connectivity index (χ2n) is 7.48. The van der Waals surface area contributed by atoms with Crippen molar-refractivity contribution in [1.29, 1.82) is 0 Å². The van der Waals surface area contributed by atoms with Gasteiger partial charge in [-0.05, 0) is 43.3 Å². The minimum absolute atomic E-state index is 0.106. The summed E-state index contributed by atoms with van der Waals surface area (Å²) in [7, 11) is -3.84. The van der Waals surface area contributed by atoms with Crippen LogP contribution in [0.4, 0.5) is 17.1 Å². The summed E-state index contributed by atoms with van der Waals surface area (Å²) in [6.07, 6.45) is 0.147. The van der Waals surface area contributed by atoms with Crippen molar-refractivity contribution in [1.82, 2.24) is 0 Å². The van der Waals surface area contributed by atoms with Gasteiger partial charge in [0.1, 0.15) is 11.8 Å². The second-order valence-corrected chi connectivity index (χ2v) is 9.16. The number of hydrazone groups is 1. The lowest BCUT2D eigenvalue weighted by atomic mass is 10.1. The lowest BCUT2D eigenvalue weighted by Crippen LogP contribution is -2.33. The van der Waals surface area contributed by atoms with E-state index < -0.39 is 22.0 Å². The number of ketones is 1. The van der Waals surface area contributed by atoms with E-state index in [2.05, 4.69) is 15.1 Å². The van der Waals surface area contributed by atoms with Gasteiger partial charge in [0, 0.05) is 6.42 Å². The zero-order valence-electron chi connectivity index (χ0n) is 17.8. The molecule has 0 saturated heterocycles. The number of rotatable bonds is 7. The normalized spacial score (nSPS) is 15.6. The molecule has 0 radical (unpaired) electrons. The molecule has 1 aliphatic heterocycles. The molecule has 2 N–H and O–H groups in total. The van der Waals surface area contributed by atoms with E-state index in [-0.39, 0.29) is 34.2 Å². The number of carbonyl (C=O) groups is 2. The SMILES string of the molecule is CC(=O)C1CC(C(=O)Nc2ccccc2NS(=O)(=O)c2ccccc2)=NN1c1ccccc1. The molecule has 0 aromatic heterocycles. The number of hydrogen-bond acceptors (Lipinski definition) is 6. The molecule has 0 spiro atoms. The van der Waals surface area contributed by atoms with Crippen LogP contribution in [0.15, 0.2) is 94.9 Å². The van der Waals surface area contributed by atoms with Gasteiger partial charge in [-0.15, -0.1) is 0 Å². The van der Waals surface area contributed by atoms with E-state index in [1.807, 2.05) is 30.3 Å². The molecule has 33 heavy (non-hydrogen) atoms. The van der Waals surface area contributed by atoms with Crippen molar-refractivity contribution in [2.75, 3.05) is 15.0 Å². The molecule has 0 aliphatic carbocycles. The highest BCUT2D eigenvalue weighted by Crippen LogP contribution is 2.27. The van der Waals surface area contributed by atoms with Crippen LogP contribution >= 0.6 is 0 Å². The van der Waals surface area contributed by atoms with Gasteiger partial charge in [0.15, 0.2) is 5.78 Å². The molecule has 4 rings (SSSR count). The van der Waals surface area contributed by atoms with Gasteiger partial charge in [0.2, 0.25) is 0 Å². The van der Waals surface area contributed by atoms with Crippen LogP contribution in [0.3, 0.4) is 0 Å². The van der Waals surface area contributed by atoms with Crippen LogP contribution in [0.2, 0.25) is 0 Å². The van der Waals surface area contributed by atoms with Crippen LogP contribution in [0.5, 0.6) is 0 Å². The van der Waals surface area contributed by atoms with Gasteiger partial charge >= 0.3 is 0 Å². The third-order valence-corrected chi connectivity index (χ3v) is 6.52. The van der Waals surface area contributed by atoms with E-state index in [1.54, 1.807) is 47.5 Å². The minimum Gasteiger partial charge on any atom is -0.319 e. The molecule has 0 bridgehead atoms. The topological polar surface area (TPSA) is 108 Å². The first-order chi connectivity index (χ1) is 15.8. The summed E-state index contributed by atoms with van der Waals surface area (Å²) in [5.74, 6) is -0.618. The van der Waals surface area contributed by atoms with E-state index >= 15 is 0 Å². The van der Waals surface area contributed by atoms with Gasteiger partial charge in [0.05, 0.1) is 22.0 Å². The monoisotopic (exact) mass is 462 g/mol. The third-order valence-electron chi connectivity index (χ3n) is 5.14. The lowest BCUT2D eigenvalue weighted by molar-refractivity contribution is -0.118. The van der Waals surface area contributed by atoms with E-state index in [0.717, 1.165) is 0 Å². The van der Waals surface area contributed by atoms with E-state index in [4.69, 9.17) is 0 Å². The fourth-order valence-electron chi connectivity index (χ4n) is 3.46. The predicted molar refractivity (Wildman–Crippen MR) is 128 cm³/mol. The number of nitrogens with zero attached hydrogens (tertiary/aromatic N) is 2. The third kappa shape index (κ3) is 4.93. The fourth-order valence-corrected chi connectivity index (χ4v) is 4.56. The molecule has 0 fully saturated rings. The zero-order chi connectivity index (χ0) is 23.4. The molecule has 0 saturated carbocycles. The number of anilines is 3. The van der Waals surface area contributed by atoms with Crippen molar-refractivity contribution in [2.45, 2.75) is 24.3 Å². The van der Waals surface area contributed by atoms with Gasteiger partial charge in [-0.3, -0.25) is 19.3 Å². The smallest absolute Gasteiger partial charge is 0.272 e. The van der Waals surface area contributed by atoms with Gasteiger partial charge < -0.3 is 5.32 Å². The maximum atomic E-state index is 13.0. The van der Waals surface area contributed by atoms with Crippen molar-refractivity contribution >= 4 is 44.5 Å². The highest BCUT2D eigenvalue weighted by molar-refractivity contribution is 7.92. The van der Waals surface area contributed by atoms with Crippen molar-refractivity contribution in [2.24, 2.45) is 5.10 Å². The summed E-state index contributed by atoms with van der Waals surface area (Å²) in [6.45, 7) is 1.46. The number of para-hydroxylation sites is 3. The highest BCUT2D eigenvalue weighted by atomic mass is 32.2. The lowest BCUT2D eigenvalue weighted by Gasteiger charge is -2.20. The molecular formula is C24H22N4O4S. The first-order valence-electron chi connectivity index (χ1n) is 10.3. The summed E-state index contributed by atoms with van der Waals surface area (Å²) in [6, 6.07) is 23.0. The van der Waals surface area contributed by atoms with Crippen molar-refractivity contribution in [3.63, 3.8) is 0 Å². The average molecular weight is 463 g/mol. The zero-order valence-corrected chi connectivity index (χ0v) is 18.6. The summed E-state index contributed by atoms with van der Waals surface area (Å²) < 4.78 is 28.0. The summed E-state index contributed by atoms with van der Waals surface area (Å²) in [5.41, 5.74) is 1.38. The quantitative estimate of drug-likeness (QED) is 0.557. The number of benzene rings is 3. The van der Waals surface area contributed by atoms with Crippen molar-refractivity contribution < 1.29 is 18.0 Å². The Hall–Kier alpha value is -3.98. The average Bonchev–Trinajstić information content (AvgIpc) is 3.28. The summed E-state index contributed by atoms with van der Waals surface area (Å²) >= 11 is 0. The first kappa shape index (κ1) is 22.2. The number of amides is 1. The summed E-state index contributed by atoms with van der Waals surface area (Å²) in [5, 5.41) is 8.65. The maximum Gasteiger partial charge on any atom is 0.272 e. The Morgan fingerprint density at radius 2 is 1.45 bits per heavy atom. The summed E-state index contributed by atoms with van der Waals surface area (Å²) in [4.78, 5) is 25.3. The standard InChI is InChI=1S/C24H22N4O4S/c1-17(29)23-16-22(26-28(23)18-10-4-2-5-11-18)24(30)25-20-14-8-9-15-21(20)27-33(31,32)19-12-6-3-7-13-19/h2-15,23,27H,16H2,1H3,(H,25,30). The van der Waals surface area contributed by atoms with Crippen LogP contribution in [0.25, 0.3) is 0 Å². The Balaban J connectivity index is 1.57. The molecule has 1 aliphatic rings. The van der Waals surface area contributed by atoms with E-state index in [0.29, 0.717) is 5.69 Å². The predicted octanol–water partition coefficient (Wildman–Crippen LogP) is 3.65. The molecule has 1 atom stereocenters. The van der Waals surface area contributed by atoms with Crippen LogP contribution in [0, 0.1) is 0 Å². The Labute approximate surface area is 192 Å². The first-order valence-corrected chi connectivity index (χ1v) is 11.7. The molecule has 168 valence electrons. The molecule has 1 amide bonds. The molecule has 1 unspecified atom stereocenters. The Bertz CT molecular complexity index is 1310.